The predicted octanol–water partition coefficient (Wildman–Crippen LogP) is 1.89. The second-order valence-electron chi connectivity index (χ2n) is 7.76. The van der Waals surface area contributed by atoms with Gasteiger partial charge in [-0.3, -0.25) is 0 Å². The molecule has 0 saturated carbocycles. The summed E-state index contributed by atoms with van der Waals surface area (Å²) in [5, 5.41) is 21.6. The quantitative estimate of drug-likeness (QED) is 0.596. The summed E-state index contributed by atoms with van der Waals surface area (Å²) in [6.45, 7) is 9.81. The molecule has 1 unspecified atom stereocenters. The minimum atomic E-state index is -0.879. The largest absolute Gasteiger partial charge is 0.478 e. The molecule has 0 amide bonds. The molecule has 2 heterocycles. The number of carboxylic acid groups (broad SMARTS) is 1. The highest BCUT2D eigenvalue weighted by molar-refractivity contribution is 6.99. The van der Waals surface area contributed by atoms with Crippen LogP contribution in [0.25, 0.3) is 0 Å². The van der Waals surface area contributed by atoms with E-state index in [1.165, 1.54) is 0 Å². The fourth-order valence-corrected chi connectivity index (χ4v) is 2.99. The van der Waals surface area contributed by atoms with Crippen molar-refractivity contribution in [2.24, 2.45) is 0 Å². The fraction of sp³-hybridized carbons (Fsp3) is 0.550. The maximum Gasteiger partial charge on any atom is 0.335 e. The normalized spacial score (nSPS) is 15.1. The first-order chi connectivity index (χ1) is 14.3. The average Bonchev–Trinajstić information content (AvgIpc) is 3.20. The maximum atomic E-state index is 10.2. The first-order valence-corrected chi connectivity index (χ1v) is 10.5. The third-order valence-corrected chi connectivity index (χ3v) is 4.56. The second kappa shape index (κ2) is 11.8. The summed E-state index contributed by atoms with van der Waals surface area (Å²) in [4.78, 5) is 12.3. The van der Waals surface area contributed by atoms with E-state index in [0.29, 0.717) is 31.2 Å². The highest BCUT2D eigenvalue weighted by Gasteiger charge is 2.21. The highest BCUT2D eigenvalue weighted by Crippen LogP contribution is 2.26. The number of ether oxygens (including phenoxy) is 2. The molecule has 1 saturated heterocycles. The number of aromatic carboxylic acids is 1. The second-order valence-corrected chi connectivity index (χ2v) is 8.29. The van der Waals surface area contributed by atoms with Gasteiger partial charge in [-0.2, -0.15) is 4.37 Å². The Kier molecular flexibility index (Phi) is 9.44. The van der Waals surface area contributed by atoms with Crippen molar-refractivity contribution in [1.82, 2.24) is 14.1 Å². The van der Waals surface area contributed by atoms with E-state index >= 15 is 0 Å². The van der Waals surface area contributed by atoms with Crippen LogP contribution in [-0.2, 0) is 4.74 Å². The lowest BCUT2D eigenvalue weighted by molar-refractivity contribution is 0.0697. The van der Waals surface area contributed by atoms with Gasteiger partial charge in [0.05, 0.1) is 30.5 Å². The summed E-state index contributed by atoms with van der Waals surface area (Å²) in [6, 6.07) is 8.30. The average molecular weight is 439 g/mol. The van der Waals surface area contributed by atoms with Gasteiger partial charge in [-0.25, -0.2) is 4.79 Å². The Morgan fingerprint density at radius 1 is 1.27 bits per heavy atom. The lowest BCUT2D eigenvalue weighted by Crippen LogP contribution is -2.42. The summed E-state index contributed by atoms with van der Waals surface area (Å²) in [7, 11) is 0. The van der Waals surface area contributed by atoms with Gasteiger partial charge >= 0.3 is 5.97 Å². The molecule has 9 nitrogen and oxygen atoms in total. The van der Waals surface area contributed by atoms with Crippen LogP contribution >= 0.6 is 11.7 Å². The molecule has 1 fully saturated rings. The minimum absolute atomic E-state index is 0.0257. The Bertz CT molecular complexity index is 760. The summed E-state index contributed by atoms with van der Waals surface area (Å²) in [5.41, 5.74) is 0.305. The van der Waals surface area contributed by atoms with Gasteiger partial charge in [0.1, 0.15) is 12.7 Å². The number of nitrogens with zero attached hydrogens (tertiary/aromatic N) is 3. The van der Waals surface area contributed by atoms with Gasteiger partial charge < -0.3 is 29.9 Å². The Hall–Kier alpha value is -2.27. The summed E-state index contributed by atoms with van der Waals surface area (Å²) in [5.74, 6) is 0.367. The zero-order valence-corrected chi connectivity index (χ0v) is 18.4. The molecule has 3 N–H and O–H groups in total. The number of rotatable bonds is 7. The Labute approximate surface area is 181 Å². The van der Waals surface area contributed by atoms with Crippen molar-refractivity contribution >= 4 is 23.5 Å². The van der Waals surface area contributed by atoms with Crippen molar-refractivity contribution in [3.63, 3.8) is 0 Å². The zero-order chi connectivity index (χ0) is 22.0. The monoisotopic (exact) mass is 438 g/mol. The van der Waals surface area contributed by atoms with E-state index in [9.17, 15) is 9.90 Å². The van der Waals surface area contributed by atoms with Crippen LogP contribution in [0.15, 0.2) is 30.3 Å². The van der Waals surface area contributed by atoms with Crippen molar-refractivity contribution < 1.29 is 24.5 Å². The third-order valence-electron chi connectivity index (χ3n) is 4.05. The molecular formula is C20H30N4O5S. The molecule has 1 aromatic carbocycles. The summed E-state index contributed by atoms with van der Waals surface area (Å²) in [6.07, 6.45) is -0.580. The van der Waals surface area contributed by atoms with E-state index in [4.69, 9.17) is 14.6 Å². The Morgan fingerprint density at radius 3 is 2.50 bits per heavy atom. The van der Waals surface area contributed by atoms with E-state index in [-0.39, 0.29) is 12.1 Å². The standard InChI is InChI=1S/C13H24N4O3S.C7H6O2/c1-13(2,3)14-8-10(18)9-20-12-11(15-21-16-12)17-4-6-19-7-5-17;8-7(9)6-4-2-1-3-5-6/h10,14,18H,4-9H2,1-3H3;1-5H,(H,8,9). The van der Waals surface area contributed by atoms with Crippen molar-refractivity contribution in [3.8, 4) is 5.88 Å². The van der Waals surface area contributed by atoms with Crippen LogP contribution in [0.5, 0.6) is 5.88 Å². The van der Waals surface area contributed by atoms with E-state index in [1.807, 2.05) is 0 Å². The van der Waals surface area contributed by atoms with Crippen LogP contribution < -0.4 is 15.0 Å². The number of hydrogen-bond donors (Lipinski definition) is 3. The minimum Gasteiger partial charge on any atom is -0.478 e. The van der Waals surface area contributed by atoms with Gasteiger partial charge in [-0.1, -0.05) is 18.2 Å². The van der Waals surface area contributed by atoms with Crippen molar-refractivity contribution in [1.29, 1.82) is 0 Å². The van der Waals surface area contributed by atoms with Crippen LogP contribution in [0.4, 0.5) is 5.82 Å². The van der Waals surface area contributed by atoms with E-state index in [1.54, 1.807) is 30.3 Å². The number of aromatic nitrogens is 2. The van der Waals surface area contributed by atoms with E-state index < -0.39 is 12.1 Å². The number of carbonyl (C=O) groups is 1. The number of hydrogen-bond acceptors (Lipinski definition) is 9. The lowest BCUT2D eigenvalue weighted by atomic mass is 10.1. The molecule has 1 aliphatic heterocycles. The molecule has 0 aliphatic carbocycles. The molecule has 0 bridgehead atoms. The van der Waals surface area contributed by atoms with Crippen LogP contribution in [0.3, 0.4) is 0 Å². The molecule has 10 heteroatoms. The van der Waals surface area contributed by atoms with Gasteiger partial charge in [-0.05, 0) is 32.9 Å². The van der Waals surface area contributed by atoms with Crippen LogP contribution in [0, 0.1) is 0 Å². The van der Waals surface area contributed by atoms with Gasteiger partial charge in [-0.15, -0.1) is 4.37 Å². The fourth-order valence-electron chi connectivity index (χ4n) is 2.47. The van der Waals surface area contributed by atoms with Gasteiger partial charge in [0.15, 0.2) is 0 Å². The Morgan fingerprint density at radius 2 is 1.93 bits per heavy atom. The number of anilines is 1. The number of nitrogens with one attached hydrogen (secondary N) is 1. The van der Waals surface area contributed by atoms with Gasteiger partial charge in [0, 0.05) is 25.2 Å². The maximum absolute atomic E-state index is 10.2. The number of benzene rings is 1. The van der Waals surface area contributed by atoms with Crippen LogP contribution in [0.2, 0.25) is 0 Å². The number of carboxylic acids is 1. The van der Waals surface area contributed by atoms with Crippen molar-refractivity contribution in [2.75, 3.05) is 44.4 Å². The zero-order valence-electron chi connectivity index (χ0n) is 17.6. The molecule has 2 aromatic rings. The van der Waals surface area contributed by atoms with Gasteiger partial charge in [0.25, 0.3) is 5.88 Å². The third kappa shape index (κ3) is 8.62. The topological polar surface area (TPSA) is 117 Å². The molecule has 0 radical (unpaired) electrons. The molecule has 1 aromatic heterocycles. The smallest absolute Gasteiger partial charge is 0.335 e. The Balaban J connectivity index is 0.000000297. The first-order valence-electron chi connectivity index (χ1n) is 9.76. The van der Waals surface area contributed by atoms with E-state index in [2.05, 4.69) is 39.7 Å². The molecule has 3 rings (SSSR count). The molecular weight excluding hydrogens is 408 g/mol. The molecule has 166 valence electrons. The van der Waals surface area contributed by atoms with Crippen molar-refractivity contribution in [2.45, 2.75) is 32.4 Å². The molecule has 0 spiro atoms. The van der Waals surface area contributed by atoms with Crippen LogP contribution in [0.1, 0.15) is 31.1 Å². The highest BCUT2D eigenvalue weighted by atomic mass is 32.1. The number of morpholine rings is 1. The number of aliphatic hydroxyl groups excluding tert-OH is 1. The van der Waals surface area contributed by atoms with Crippen LogP contribution in [-0.4, -0.2) is 76.0 Å². The molecule has 1 atom stereocenters. The molecule has 1 aliphatic rings. The molecule has 30 heavy (non-hydrogen) atoms. The predicted molar refractivity (Wildman–Crippen MR) is 116 cm³/mol. The lowest BCUT2D eigenvalue weighted by Gasteiger charge is -2.27. The summed E-state index contributed by atoms with van der Waals surface area (Å²) >= 11 is 1.12. The van der Waals surface area contributed by atoms with Gasteiger partial charge in [0.2, 0.25) is 5.82 Å². The van der Waals surface area contributed by atoms with E-state index in [0.717, 1.165) is 30.6 Å². The van der Waals surface area contributed by atoms with Crippen molar-refractivity contribution in [3.05, 3.63) is 35.9 Å². The number of aliphatic hydroxyl groups is 1. The SMILES string of the molecule is CC(C)(C)NCC(O)COc1nsnc1N1CCOCC1.O=C(O)c1ccccc1. The number of β-amino-alcohol motifs (C(OH)–C–C–N with tert-alkyl or cyclic N) is 1. The summed E-state index contributed by atoms with van der Waals surface area (Å²) < 4.78 is 19.4. The first kappa shape index (κ1) is 24.0.